The van der Waals surface area contributed by atoms with Crippen molar-refractivity contribution >= 4 is 54.3 Å². The molecule has 0 spiro atoms. The van der Waals surface area contributed by atoms with Gasteiger partial charge in [0.15, 0.2) is 0 Å². The summed E-state index contributed by atoms with van der Waals surface area (Å²) in [4.78, 5) is 13.4. The quantitative estimate of drug-likeness (QED) is 0.471. The number of anilines is 1. The van der Waals surface area contributed by atoms with Crippen LogP contribution in [0.2, 0.25) is 0 Å². The molecule has 26 heavy (non-hydrogen) atoms. The van der Waals surface area contributed by atoms with Crippen molar-refractivity contribution in [2.45, 2.75) is 18.9 Å². The summed E-state index contributed by atoms with van der Waals surface area (Å²) in [6.07, 6.45) is 6.38. The van der Waals surface area contributed by atoms with Gasteiger partial charge in [-0.2, -0.15) is 0 Å². The van der Waals surface area contributed by atoms with Crippen LogP contribution in [0.3, 0.4) is 0 Å². The fraction of sp³-hybridized carbons (Fsp3) is 0.278. The fourth-order valence-electron chi connectivity index (χ4n) is 3.76. The molecular formula is C18H17BrN6S. The summed E-state index contributed by atoms with van der Waals surface area (Å²) >= 11 is 5.16. The molecule has 132 valence electrons. The van der Waals surface area contributed by atoms with Crippen molar-refractivity contribution in [2.24, 2.45) is 0 Å². The van der Waals surface area contributed by atoms with Gasteiger partial charge in [0.2, 0.25) is 5.95 Å². The molecule has 0 aromatic carbocycles. The zero-order valence-electron chi connectivity index (χ0n) is 13.9. The van der Waals surface area contributed by atoms with Gasteiger partial charge in [-0.3, -0.25) is 0 Å². The first-order valence-electron chi connectivity index (χ1n) is 8.58. The van der Waals surface area contributed by atoms with Crippen LogP contribution < -0.4 is 11.1 Å². The van der Waals surface area contributed by atoms with E-state index in [-0.39, 0.29) is 0 Å². The van der Waals surface area contributed by atoms with Crippen molar-refractivity contribution in [3.05, 3.63) is 34.5 Å². The summed E-state index contributed by atoms with van der Waals surface area (Å²) in [6, 6.07) is 4.53. The molecular weight excluding hydrogens is 412 g/mol. The molecule has 6 nitrogen and oxygen atoms in total. The maximum absolute atomic E-state index is 5.99. The predicted octanol–water partition coefficient (Wildman–Crippen LogP) is 3.98. The highest BCUT2D eigenvalue weighted by molar-refractivity contribution is 9.10. The van der Waals surface area contributed by atoms with Crippen molar-refractivity contribution in [3.8, 4) is 11.3 Å². The van der Waals surface area contributed by atoms with Crippen LogP contribution in [0.4, 0.5) is 5.95 Å². The molecule has 0 amide bonds. The largest absolute Gasteiger partial charge is 0.368 e. The highest BCUT2D eigenvalue weighted by Gasteiger charge is 2.22. The third kappa shape index (κ3) is 2.60. The van der Waals surface area contributed by atoms with Crippen LogP contribution in [-0.4, -0.2) is 32.6 Å². The van der Waals surface area contributed by atoms with E-state index in [0.29, 0.717) is 12.0 Å². The molecule has 0 aliphatic carbocycles. The van der Waals surface area contributed by atoms with Crippen LogP contribution in [-0.2, 0) is 0 Å². The molecule has 0 radical (unpaired) electrons. The van der Waals surface area contributed by atoms with E-state index < -0.39 is 0 Å². The second kappa shape index (κ2) is 6.29. The van der Waals surface area contributed by atoms with Gasteiger partial charge in [0.25, 0.3) is 0 Å². The molecule has 0 unspecified atom stereocenters. The summed E-state index contributed by atoms with van der Waals surface area (Å²) in [5.41, 5.74) is 10.0. The van der Waals surface area contributed by atoms with Crippen LogP contribution in [0, 0.1) is 0 Å². The lowest BCUT2D eigenvalue weighted by Crippen LogP contribution is -2.29. The van der Waals surface area contributed by atoms with Gasteiger partial charge in [-0.05, 0) is 59.4 Å². The number of fused-ring (bicyclic) bond motifs is 2. The molecule has 8 heteroatoms. The fourth-order valence-corrected chi connectivity index (χ4v) is 4.93. The summed E-state index contributed by atoms with van der Waals surface area (Å²) in [5, 5.41) is 6.61. The van der Waals surface area contributed by atoms with E-state index in [4.69, 9.17) is 5.73 Å². The van der Waals surface area contributed by atoms with Gasteiger partial charge in [-0.1, -0.05) is 0 Å². The minimum absolute atomic E-state index is 0.307. The molecule has 0 bridgehead atoms. The summed E-state index contributed by atoms with van der Waals surface area (Å²) in [6.45, 7) is 2.08. The number of halogens is 1. The van der Waals surface area contributed by atoms with Crippen LogP contribution >= 0.6 is 27.3 Å². The topological polar surface area (TPSA) is 81.6 Å². The molecule has 1 fully saturated rings. The lowest BCUT2D eigenvalue weighted by Gasteiger charge is -2.25. The number of hydrogen-bond donors (Lipinski definition) is 2. The summed E-state index contributed by atoms with van der Waals surface area (Å²) in [5.74, 6) is 0.307. The van der Waals surface area contributed by atoms with E-state index in [0.717, 1.165) is 62.9 Å². The molecule has 4 aromatic rings. The molecule has 0 atom stereocenters. The number of nitrogens with two attached hydrogens (primary N) is 1. The van der Waals surface area contributed by atoms with Gasteiger partial charge in [-0.25, -0.2) is 15.0 Å². The molecule has 1 aliphatic rings. The molecule has 1 saturated heterocycles. The van der Waals surface area contributed by atoms with Gasteiger partial charge in [0.05, 0.1) is 27.6 Å². The van der Waals surface area contributed by atoms with Gasteiger partial charge in [-0.15, -0.1) is 11.3 Å². The molecule has 0 saturated carbocycles. The Morgan fingerprint density at radius 1 is 1.27 bits per heavy atom. The minimum Gasteiger partial charge on any atom is -0.368 e. The van der Waals surface area contributed by atoms with Crippen LogP contribution in [0.15, 0.2) is 34.5 Å². The Morgan fingerprint density at radius 3 is 2.96 bits per heavy atom. The number of pyridine rings is 1. The average molecular weight is 429 g/mol. The summed E-state index contributed by atoms with van der Waals surface area (Å²) in [7, 11) is 0. The Morgan fingerprint density at radius 2 is 2.12 bits per heavy atom. The van der Waals surface area contributed by atoms with E-state index in [1.54, 1.807) is 11.3 Å². The average Bonchev–Trinajstić information content (AvgIpc) is 3.26. The first kappa shape index (κ1) is 16.2. The Bertz CT molecular complexity index is 1110. The Hall–Kier alpha value is -2.03. The lowest BCUT2D eigenvalue weighted by atomic mass is 10.1. The maximum Gasteiger partial charge on any atom is 0.221 e. The Balaban J connectivity index is 1.79. The number of hydrogen-bond acceptors (Lipinski definition) is 6. The first-order chi connectivity index (χ1) is 12.7. The minimum atomic E-state index is 0.307. The number of nitrogen functional groups attached to an aromatic ring is 1. The second-order valence-electron chi connectivity index (χ2n) is 6.52. The molecule has 5 heterocycles. The highest BCUT2D eigenvalue weighted by atomic mass is 79.9. The Labute approximate surface area is 162 Å². The number of nitrogens with one attached hydrogen (secondary N) is 1. The second-order valence-corrected chi connectivity index (χ2v) is 8.25. The number of nitrogens with zero attached hydrogens (tertiary/aromatic N) is 4. The van der Waals surface area contributed by atoms with Crippen molar-refractivity contribution in [1.82, 2.24) is 24.8 Å². The Kier molecular flexibility index (Phi) is 3.91. The number of thiophene rings is 1. The zero-order chi connectivity index (χ0) is 17.7. The van der Waals surface area contributed by atoms with Crippen LogP contribution in [0.1, 0.15) is 18.9 Å². The van der Waals surface area contributed by atoms with Crippen molar-refractivity contribution in [3.63, 3.8) is 0 Å². The van der Waals surface area contributed by atoms with Crippen molar-refractivity contribution in [1.29, 1.82) is 0 Å². The first-order valence-corrected chi connectivity index (χ1v) is 10.3. The highest BCUT2D eigenvalue weighted by Crippen LogP contribution is 2.38. The van der Waals surface area contributed by atoms with E-state index in [9.17, 15) is 0 Å². The summed E-state index contributed by atoms with van der Waals surface area (Å²) < 4.78 is 4.25. The smallest absolute Gasteiger partial charge is 0.221 e. The maximum atomic E-state index is 5.99. The molecule has 5 rings (SSSR count). The van der Waals surface area contributed by atoms with Gasteiger partial charge in [0, 0.05) is 23.2 Å². The van der Waals surface area contributed by atoms with Gasteiger partial charge >= 0.3 is 0 Å². The molecule has 1 aliphatic heterocycles. The third-order valence-electron chi connectivity index (χ3n) is 4.96. The van der Waals surface area contributed by atoms with E-state index >= 15 is 0 Å². The third-order valence-corrected chi connectivity index (χ3v) is 6.31. The van der Waals surface area contributed by atoms with Crippen molar-refractivity contribution in [2.75, 3.05) is 18.8 Å². The van der Waals surface area contributed by atoms with Gasteiger partial charge in [0.1, 0.15) is 4.60 Å². The van der Waals surface area contributed by atoms with Crippen molar-refractivity contribution < 1.29 is 0 Å². The lowest BCUT2D eigenvalue weighted by molar-refractivity contribution is 0.376. The van der Waals surface area contributed by atoms with E-state index in [1.165, 1.54) is 0 Å². The predicted molar refractivity (Wildman–Crippen MR) is 109 cm³/mol. The van der Waals surface area contributed by atoms with Crippen LogP contribution in [0.5, 0.6) is 0 Å². The SMILES string of the molecule is Nc1nc(-c2cn(C3CCNCC3)c3cnc(Br)cc23)c2sccc2n1. The zero-order valence-corrected chi connectivity index (χ0v) is 16.3. The number of piperidine rings is 1. The van der Waals surface area contributed by atoms with Gasteiger partial charge < -0.3 is 15.6 Å². The number of aromatic nitrogens is 4. The molecule has 3 N–H and O–H groups in total. The normalized spacial score (nSPS) is 15.9. The molecule has 4 aromatic heterocycles. The van der Waals surface area contributed by atoms with E-state index in [1.807, 2.05) is 17.6 Å². The monoisotopic (exact) mass is 428 g/mol. The standard InChI is InChI=1S/C18H17BrN6S/c19-15-7-11-12(16-17-13(3-6-26-17)23-18(20)24-16)9-25(14(11)8-22-15)10-1-4-21-5-2-10/h3,6-10,21H,1-2,4-5H2,(H2,20,23,24). The van der Waals surface area contributed by atoms with Crippen LogP contribution in [0.25, 0.3) is 32.4 Å². The van der Waals surface area contributed by atoms with E-state index in [2.05, 4.69) is 53.0 Å². The number of rotatable bonds is 2.